The maximum absolute atomic E-state index is 11.6. The highest BCUT2D eigenvalue weighted by atomic mass is 79.9. The molecule has 0 aliphatic rings. The number of hydroxylamine groups is 1. The Balaban J connectivity index is 3.29. The first-order valence-electron chi connectivity index (χ1n) is 4.72. The van der Waals surface area contributed by atoms with E-state index in [4.69, 9.17) is 9.57 Å². The van der Waals surface area contributed by atoms with Gasteiger partial charge in [0.25, 0.3) is 0 Å². The van der Waals surface area contributed by atoms with E-state index in [-0.39, 0.29) is 4.90 Å². The van der Waals surface area contributed by atoms with Gasteiger partial charge in [-0.15, -0.1) is 0 Å². The maximum atomic E-state index is 11.6. The molecule has 0 aromatic heterocycles. The summed E-state index contributed by atoms with van der Waals surface area (Å²) in [5.41, 5.74) is 3.43. The molecule has 1 aromatic rings. The van der Waals surface area contributed by atoms with E-state index in [0.29, 0.717) is 16.8 Å². The van der Waals surface area contributed by atoms with Crippen LogP contribution >= 0.6 is 15.9 Å². The highest BCUT2D eigenvalue weighted by Crippen LogP contribution is 2.33. The summed E-state index contributed by atoms with van der Waals surface area (Å²) in [6.45, 7) is 0.404. The third-order valence-corrected chi connectivity index (χ3v) is 3.78. The van der Waals surface area contributed by atoms with Crippen molar-refractivity contribution in [3.63, 3.8) is 0 Å². The van der Waals surface area contributed by atoms with Gasteiger partial charge in [0.2, 0.25) is 0 Å². The Morgan fingerprint density at radius 1 is 1.35 bits per heavy atom. The molecule has 0 unspecified atom stereocenters. The Kier molecular flexibility index (Phi) is 4.93. The van der Waals surface area contributed by atoms with Crippen LogP contribution in [0.2, 0.25) is 0 Å². The van der Waals surface area contributed by atoms with Crippen LogP contribution in [0.25, 0.3) is 0 Å². The van der Waals surface area contributed by atoms with Crippen LogP contribution in [0.4, 0.5) is 0 Å². The summed E-state index contributed by atoms with van der Waals surface area (Å²) in [6.07, 6.45) is 1.14. The van der Waals surface area contributed by atoms with Crippen molar-refractivity contribution in [1.29, 1.82) is 0 Å². The fraction of sp³-hybridized carbons (Fsp3) is 0.400. The highest BCUT2D eigenvalue weighted by Gasteiger charge is 2.18. The molecule has 1 aromatic carbocycles. The van der Waals surface area contributed by atoms with Crippen molar-refractivity contribution in [2.75, 3.05) is 20.5 Å². The second-order valence-electron chi connectivity index (χ2n) is 3.41. The second kappa shape index (κ2) is 5.81. The zero-order chi connectivity index (χ0) is 13.1. The molecule has 0 radical (unpaired) electrons. The monoisotopic (exact) mass is 323 g/mol. The van der Waals surface area contributed by atoms with Crippen LogP contribution in [-0.4, -0.2) is 28.9 Å². The van der Waals surface area contributed by atoms with Gasteiger partial charge >= 0.3 is 0 Å². The molecule has 0 amide bonds. The first-order valence-corrected chi connectivity index (χ1v) is 7.41. The third kappa shape index (κ3) is 3.67. The number of halogens is 1. The molecular formula is C10H14BrNO4S. The lowest BCUT2D eigenvalue weighted by Crippen LogP contribution is -2.12. The van der Waals surface area contributed by atoms with E-state index in [1.807, 2.05) is 0 Å². The zero-order valence-corrected chi connectivity index (χ0v) is 12.2. The zero-order valence-electron chi connectivity index (χ0n) is 9.78. The third-order valence-electron chi connectivity index (χ3n) is 2.09. The first kappa shape index (κ1) is 14.4. The van der Waals surface area contributed by atoms with Gasteiger partial charge in [0.15, 0.2) is 15.6 Å². The SMILES string of the molecule is CONCc1cc(Br)c(OC)c(S(C)(=O)=O)c1. The molecule has 0 aliphatic heterocycles. The van der Waals surface area contributed by atoms with Gasteiger partial charge in [0.05, 0.1) is 18.7 Å². The summed E-state index contributed by atoms with van der Waals surface area (Å²) < 4.78 is 29.0. The molecule has 1 N–H and O–H groups in total. The van der Waals surface area contributed by atoms with Crippen molar-refractivity contribution in [3.05, 3.63) is 22.2 Å². The second-order valence-corrected chi connectivity index (χ2v) is 6.24. The molecule has 0 spiro atoms. The van der Waals surface area contributed by atoms with Gasteiger partial charge in [0, 0.05) is 12.8 Å². The average molecular weight is 324 g/mol. The van der Waals surface area contributed by atoms with E-state index in [1.54, 1.807) is 12.1 Å². The average Bonchev–Trinajstić information content (AvgIpc) is 2.24. The lowest BCUT2D eigenvalue weighted by atomic mass is 10.2. The Bertz CT molecular complexity index is 501. The molecular weight excluding hydrogens is 310 g/mol. The Labute approximate surface area is 109 Å². The van der Waals surface area contributed by atoms with Gasteiger partial charge in [0.1, 0.15) is 4.90 Å². The van der Waals surface area contributed by atoms with E-state index in [1.165, 1.54) is 14.2 Å². The van der Waals surface area contributed by atoms with Gasteiger partial charge in [-0.3, -0.25) is 0 Å². The number of benzene rings is 1. The smallest absolute Gasteiger partial charge is 0.179 e. The van der Waals surface area contributed by atoms with Gasteiger partial charge in [-0.2, -0.15) is 5.48 Å². The highest BCUT2D eigenvalue weighted by molar-refractivity contribution is 9.10. The molecule has 17 heavy (non-hydrogen) atoms. The standard InChI is InChI=1S/C10H14BrNO4S/c1-15-10-8(11)4-7(6-12-16-2)5-9(10)17(3,13)14/h4-5,12H,6H2,1-3H3. The predicted molar refractivity (Wildman–Crippen MR) is 67.7 cm³/mol. The lowest BCUT2D eigenvalue weighted by Gasteiger charge is -2.12. The molecule has 96 valence electrons. The maximum Gasteiger partial charge on any atom is 0.179 e. The van der Waals surface area contributed by atoms with Crippen LogP contribution in [0.3, 0.4) is 0 Å². The van der Waals surface area contributed by atoms with Crippen molar-refractivity contribution in [2.24, 2.45) is 0 Å². The van der Waals surface area contributed by atoms with Gasteiger partial charge in [-0.25, -0.2) is 8.42 Å². The number of methoxy groups -OCH3 is 1. The molecule has 5 nitrogen and oxygen atoms in total. The molecule has 0 heterocycles. The van der Waals surface area contributed by atoms with Crippen LogP contribution in [0.1, 0.15) is 5.56 Å². The summed E-state index contributed by atoms with van der Waals surface area (Å²) in [7, 11) is -0.411. The number of hydrogen-bond donors (Lipinski definition) is 1. The molecule has 0 fully saturated rings. The Morgan fingerprint density at radius 2 is 2.00 bits per heavy atom. The van der Waals surface area contributed by atoms with Crippen LogP contribution < -0.4 is 10.2 Å². The fourth-order valence-corrected chi connectivity index (χ4v) is 3.05. The minimum absolute atomic E-state index is 0.155. The van der Waals surface area contributed by atoms with E-state index < -0.39 is 9.84 Å². The molecule has 1 rings (SSSR count). The van der Waals surface area contributed by atoms with Crippen molar-refractivity contribution in [1.82, 2.24) is 5.48 Å². The minimum atomic E-state index is -3.34. The molecule has 0 saturated carbocycles. The molecule has 7 heteroatoms. The van der Waals surface area contributed by atoms with Crippen LogP contribution in [0.15, 0.2) is 21.5 Å². The summed E-state index contributed by atoms with van der Waals surface area (Å²) >= 11 is 3.28. The molecule has 0 bridgehead atoms. The van der Waals surface area contributed by atoms with Gasteiger partial charge in [-0.05, 0) is 33.6 Å². The number of ether oxygens (including phenoxy) is 1. The van der Waals surface area contributed by atoms with E-state index in [0.717, 1.165) is 11.8 Å². The summed E-state index contributed by atoms with van der Waals surface area (Å²) in [5.74, 6) is 0.314. The van der Waals surface area contributed by atoms with Gasteiger partial charge in [-0.1, -0.05) is 0 Å². The summed E-state index contributed by atoms with van der Waals surface area (Å²) in [5, 5.41) is 0. The van der Waals surface area contributed by atoms with Gasteiger partial charge < -0.3 is 9.57 Å². The number of hydrogen-bond acceptors (Lipinski definition) is 5. The van der Waals surface area contributed by atoms with Crippen molar-refractivity contribution in [2.45, 2.75) is 11.4 Å². The van der Waals surface area contributed by atoms with Crippen molar-refractivity contribution < 1.29 is 18.0 Å². The molecule has 0 saturated heterocycles. The van der Waals surface area contributed by atoms with Crippen molar-refractivity contribution >= 4 is 25.8 Å². The Hall–Kier alpha value is -0.630. The number of rotatable bonds is 5. The van der Waals surface area contributed by atoms with E-state index in [2.05, 4.69) is 21.4 Å². The summed E-state index contributed by atoms with van der Waals surface area (Å²) in [4.78, 5) is 4.88. The normalized spacial score (nSPS) is 11.5. The molecule has 0 aliphatic carbocycles. The fourth-order valence-electron chi connectivity index (χ4n) is 1.35. The van der Waals surface area contributed by atoms with Crippen LogP contribution in [0.5, 0.6) is 5.75 Å². The minimum Gasteiger partial charge on any atom is -0.494 e. The van der Waals surface area contributed by atoms with E-state index >= 15 is 0 Å². The topological polar surface area (TPSA) is 64.6 Å². The Morgan fingerprint density at radius 3 is 2.47 bits per heavy atom. The van der Waals surface area contributed by atoms with E-state index in [9.17, 15) is 8.42 Å². The first-order chi connectivity index (χ1) is 7.90. The van der Waals surface area contributed by atoms with Crippen molar-refractivity contribution in [3.8, 4) is 5.75 Å². The quantitative estimate of drug-likeness (QED) is 0.832. The number of nitrogens with one attached hydrogen (secondary N) is 1. The lowest BCUT2D eigenvalue weighted by molar-refractivity contribution is 0.0866. The van der Waals surface area contributed by atoms with Crippen LogP contribution in [0, 0.1) is 0 Å². The molecule has 0 atom stereocenters. The number of sulfone groups is 1. The van der Waals surface area contributed by atoms with Crippen LogP contribution in [-0.2, 0) is 21.2 Å². The predicted octanol–water partition coefficient (Wildman–Crippen LogP) is 1.51. The summed E-state index contributed by atoms with van der Waals surface area (Å²) in [6, 6.07) is 3.34. The largest absolute Gasteiger partial charge is 0.494 e.